The van der Waals surface area contributed by atoms with Gasteiger partial charge in [-0.05, 0) is 12.3 Å². The van der Waals surface area contributed by atoms with Gasteiger partial charge in [0, 0.05) is 19.0 Å². The number of hydrogen-bond donors (Lipinski definition) is 2. The fourth-order valence-corrected chi connectivity index (χ4v) is 2.09. The lowest BCUT2D eigenvalue weighted by Gasteiger charge is -2.09. The Hall–Kier alpha value is -0.900. The Morgan fingerprint density at radius 3 is 2.78 bits per heavy atom. The minimum Gasteiger partial charge on any atom is -0.372 e. The molecular weight excluding hydrogens is 242 g/mol. The molecule has 0 amide bonds. The molecule has 0 aliphatic rings. The molecule has 0 fully saturated rings. The van der Waals surface area contributed by atoms with Gasteiger partial charge in [0.05, 0.1) is 0 Å². The summed E-state index contributed by atoms with van der Waals surface area (Å²) in [4.78, 5) is 7.67. The van der Waals surface area contributed by atoms with Crippen LogP contribution < -0.4 is 5.32 Å². The highest BCUT2D eigenvalue weighted by Crippen LogP contribution is 2.08. The Bertz CT molecular complexity index is 398. The molecule has 0 aliphatic heterocycles. The van der Waals surface area contributed by atoms with Gasteiger partial charge in [-0.1, -0.05) is 52.3 Å². The van der Waals surface area contributed by atoms with Crippen molar-refractivity contribution in [1.82, 2.24) is 9.97 Å². The van der Waals surface area contributed by atoms with Crippen LogP contribution in [0.2, 0.25) is 0 Å². The zero-order chi connectivity index (χ0) is 13.4. The molecule has 102 valence electrons. The van der Waals surface area contributed by atoms with Crippen LogP contribution in [0.15, 0.2) is 6.07 Å². The average molecular weight is 267 g/mol. The zero-order valence-corrected chi connectivity index (χ0v) is 12.6. The highest BCUT2D eigenvalue weighted by molar-refractivity contribution is 7.71. The van der Waals surface area contributed by atoms with E-state index in [-0.39, 0.29) is 0 Å². The van der Waals surface area contributed by atoms with Crippen LogP contribution in [-0.2, 0) is 6.42 Å². The van der Waals surface area contributed by atoms with Gasteiger partial charge in [-0.15, -0.1) is 0 Å². The van der Waals surface area contributed by atoms with Crippen LogP contribution in [0.25, 0.3) is 0 Å². The van der Waals surface area contributed by atoms with Gasteiger partial charge in [-0.2, -0.15) is 0 Å². The molecule has 0 atom stereocenters. The first-order valence-electron chi connectivity index (χ1n) is 6.96. The van der Waals surface area contributed by atoms with Crippen molar-refractivity contribution in [3.05, 3.63) is 16.5 Å². The van der Waals surface area contributed by atoms with Crippen LogP contribution in [0.4, 0.5) is 5.82 Å². The van der Waals surface area contributed by atoms with Crippen LogP contribution in [-0.4, -0.2) is 16.5 Å². The van der Waals surface area contributed by atoms with E-state index < -0.39 is 0 Å². The van der Waals surface area contributed by atoms with Crippen molar-refractivity contribution in [1.29, 1.82) is 0 Å². The fourth-order valence-electron chi connectivity index (χ4n) is 1.86. The molecule has 0 aromatic carbocycles. The largest absolute Gasteiger partial charge is 0.372 e. The third-order valence-electron chi connectivity index (χ3n) is 2.74. The maximum absolute atomic E-state index is 5.19. The average Bonchev–Trinajstić information content (AvgIpc) is 2.27. The number of unbranched alkanes of at least 4 members (excludes halogenated alkanes) is 3. The summed E-state index contributed by atoms with van der Waals surface area (Å²) in [5, 5.41) is 3.40. The van der Waals surface area contributed by atoms with E-state index >= 15 is 0 Å². The predicted octanol–water partition coefficient (Wildman–Crippen LogP) is 4.33. The van der Waals surface area contributed by atoms with Gasteiger partial charge >= 0.3 is 0 Å². The van der Waals surface area contributed by atoms with Gasteiger partial charge in [-0.3, -0.25) is 0 Å². The number of nitrogens with one attached hydrogen (secondary N) is 2. The van der Waals surface area contributed by atoms with Crippen molar-refractivity contribution in [2.45, 2.75) is 52.9 Å². The third kappa shape index (κ3) is 6.15. The normalized spacial score (nSPS) is 10.9. The minimum absolute atomic E-state index is 0.586. The lowest BCUT2D eigenvalue weighted by Crippen LogP contribution is -2.07. The Labute approximate surface area is 115 Å². The van der Waals surface area contributed by atoms with E-state index in [1.165, 1.54) is 25.7 Å². The number of anilines is 1. The molecule has 0 aliphatic carbocycles. The van der Waals surface area contributed by atoms with Crippen molar-refractivity contribution in [2.75, 3.05) is 11.9 Å². The summed E-state index contributed by atoms with van der Waals surface area (Å²) in [6, 6.07) is 1.90. The topological polar surface area (TPSA) is 40.7 Å². The highest BCUT2D eigenvalue weighted by atomic mass is 32.1. The molecule has 2 N–H and O–H groups in total. The van der Waals surface area contributed by atoms with Gasteiger partial charge in [0.15, 0.2) is 0 Å². The summed E-state index contributed by atoms with van der Waals surface area (Å²) in [5.41, 5.74) is 0. The van der Waals surface area contributed by atoms with Crippen molar-refractivity contribution >= 4 is 18.0 Å². The second kappa shape index (κ2) is 8.25. The minimum atomic E-state index is 0.586. The highest BCUT2D eigenvalue weighted by Gasteiger charge is 2.02. The maximum Gasteiger partial charge on any atom is 0.131 e. The Morgan fingerprint density at radius 2 is 2.11 bits per heavy atom. The van der Waals surface area contributed by atoms with E-state index in [0.29, 0.717) is 10.6 Å². The number of nitrogens with zero attached hydrogens (tertiary/aromatic N) is 1. The van der Waals surface area contributed by atoms with Gasteiger partial charge in [0.25, 0.3) is 0 Å². The molecule has 0 saturated heterocycles. The molecule has 3 nitrogen and oxygen atoms in total. The maximum atomic E-state index is 5.19. The van der Waals surface area contributed by atoms with E-state index in [1.807, 2.05) is 6.07 Å². The second-order valence-corrected chi connectivity index (χ2v) is 5.58. The number of aromatic amines is 1. The zero-order valence-electron chi connectivity index (χ0n) is 11.8. The number of H-pyrrole nitrogens is 1. The molecule has 1 rings (SSSR count). The molecule has 1 aromatic rings. The van der Waals surface area contributed by atoms with Crippen LogP contribution in [0.3, 0.4) is 0 Å². The summed E-state index contributed by atoms with van der Waals surface area (Å²) in [6.45, 7) is 7.59. The van der Waals surface area contributed by atoms with E-state index in [1.54, 1.807) is 0 Å². The Morgan fingerprint density at radius 1 is 1.33 bits per heavy atom. The Kier molecular flexibility index (Phi) is 6.94. The van der Waals surface area contributed by atoms with Crippen LogP contribution in [0.1, 0.15) is 52.3 Å². The molecule has 0 unspecified atom stereocenters. The lowest BCUT2D eigenvalue weighted by atomic mass is 10.1. The SMILES string of the molecule is CCCCCCNc1cc(=S)nc(CC(C)C)[nH]1. The van der Waals surface area contributed by atoms with Gasteiger partial charge in [0.1, 0.15) is 16.3 Å². The van der Waals surface area contributed by atoms with Gasteiger partial charge in [-0.25, -0.2) is 4.98 Å². The summed E-state index contributed by atoms with van der Waals surface area (Å²) < 4.78 is 0.667. The number of rotatable bonds is 8. The molecule has 0 spiro atoms. The molecule has 0 saturated carbocycles. The van der Waals surface area contributed by atoms with E-state index in [4.69, 9.17) is 12.2 Å². The van der Waals surface area contributed by atoms with Crippen LogP contribution >= 0.6 is 12.2 Å². The quantitative estimate of drug-likeness (QED) is 0.544. The smallest absolute Gasteiger partial charge is 0.131 e. The third-order valence-corrected chi connectivity index (χ3v) is 2.95. The number of hydrogen-bond acceptors (Lipinski definition) is 3. The van der Waals surface area contributed by atoms with Crippen LogP contribution in [0.5, 0.6) is 0 Å². The molecule has 18 heavy (non-hydrogen) atoms. The van der Waals surface area contributed by atoms with Gasteiger partial charge < -0.3 is 10.3 Å². The summed E-state index contributed by atoms with van der Waals surface area (Å²) in [6.07, 6.45) is 6.02. The molecule has 4 heteroatoms. The first-order chi connectivity index (χ1) is 8.61. The summed E-state index contributed by atoms with van der Waals surface area (Å²) >= 11 is 5.19. The van der Waals surface area contributed by atoms with Crippen molar-refractivity contribution in [3.63, 3.8) is 0 Å². The molecule has 0 radical (unpaired) electrons. The monoisotopic (exact) mass is 267 g/mol. The standard InChI is InChI=1S/C14H25N3S/c1-4-5-6-7-8-15-12-10-14(18)17-13(16-12)9-11(2)3/h10-11H,4-9H2,1-3H3,(H2,15,16,17,18). The van der Waals surface area contributed by atoms with Crippen molar-refractivity contribution in [3.8, 4) is 0 Å². The van der Waals surface area contributed by atoms with Crippen molar-refractivity contribution < 1.29 is 0 Å². The van der Waals surface area contributed by atoms with Crippen LogP contribution in [0, 0.1) is 10.6 Å². The number of aromatic nitrogens is 2. The first-order valence-corrected chi connectivity index (χ1v) is 7.36. The molecule has 1 heterocycles. The predicted molar refractivity (Wildman–Crippen MR) is 80.6 cm³/mol. The van der Waals surface area contributed by atoms with E-state index in [9.17, 15) is 0 Å². The summed E-state index contributed by atoms with van der Waals surface area (Å²) in [5.74, 6) is 2.57. The van der Waals surface area contributed by atoms with E-state index in [0.717, 1.165) is 24.6 Å². The second-order valence-electron chi connectivity index (χ2n) is 5.17. The van der Waals surface area contributed by atoms with Gasteiger partial charge in [0.2, 0.25) is 0 Å². The lowest BCUT2D eigenvalue weighted by molar-refractivity contribution is 0.620. The molecule has 0 bridgehead atoms. The molecule has 1 aromatic heterocycles. The molecular formula is C14H25N3S. The first kappa shape index (κ1) is 15.2. The Balaban J connectivity index is 2.49. The summed E-state index contributed by atoms with van der Waals surface area (Å²) in [7, 11) is 0. The fraction of sp³-hybridized carbons (Fsp3) is 0.714. The van der Waals surface area contributed by atoms with Crippen molar-refractivity contribution in [2.24, 2.45) is 5.92 Å². The van der Waals surface area contributed by atoms with E-state index in [2.05, 4.69) is 36.1 Å².